The molecule has 0 saturated heterocycles. The van der Waals surface area contributed by atoms with Gasteiger partial charge in [-0.15, -0.1) is 6.58 Å². The first-order valence-electron chi connectivity index (χ1n) is 9.31. The van der Waals surface area contributed by atoms with Crippen molar-refractivity contribution in [2.24, 2.45) is 10.3 Å². The van der Waals surface area contributed by atoms with Gasteiger partial charge in [-0.1, -0.05) is 35.1 Å². The highest BCUT2D eigenvalue weighted by molar-refractivity contribution is 5.48. The maximum atomic E-state index is 8.89. The molecule has 1 rings (SSSR count). The minimum absolute atomic E-state index is 0.0421. The number of hydrogen-bond donors (Lipinski definition) is 2. The van der Waals surface area contributed by atoms with Crippen LogP contribution in [0, 0.1) is 11.3 Å². The van der Waals surface area contributed by atoms with Crippen LogP contribution in [0.15, 0.2) is 58.9 Å². The number of nitrogens with zero attached hydrogens (tertiary/aromatic N) is 4. The summed E-state index contributed by atoms with van der Waals surface area (Å²) in [6.45, 7) is 11.3. The van der Waals surface area contributed by atoms with Gasteiger partial charge in [0.1, 0.15) is 6.17 Å². The lowest BCUT2D eigenvalue weighted by Crippen LogP contribution is -2.27. The minimum atomic E-state index is -0.0421. The van der Waals surface area contributed by atoms with Gasteiger partial charge >= 0.3 is 0 Å². The lowest BCUT2D eigenvalue weighted by molar-refractivity contribution is 0.307. The minimum Gasteiger partial charge on any atom is -0.379 e. The van der Waals surface area contributed by atoms with Crippen LogP contribution in [0.4, 0.5) is 5.69 Å². The molecule has 0 fully saturated rings. The van der Waals surface area contributed by atoms with E-state index in [2.05, 4.69) is 46.6 Å². The molecule has 1 aromatic carbocycles. The molecule has 0 aliphatic rings. The molecule has 6 heteroatoms. The van der Waals surface area contributed by atoms with Gasteiger partial charge in [0.25, 0.3) is 0 Å². The molecule has 1 aromatic rings. The molecule has 0 amide bonds. The second kappa shape index (κ2) is 12.7. The fourth-order valence-electron chi connectivity index (χ4n) is 2.50. The molecule has 0 radical (unpaired) electrons. The Morgan fingerprint density at radius 2 is 2.22 bits per heavy atom. The molecule has 0 aliphatic carbocycles. The average Bonchev–Trinajstić information content (AvgIpc) is 2.67. The fraction of sp³-hybridized carbons (Fsp3) is 0.476. The molecule has 0 heterocycles. The SMILES string of the molecule is C=CCNC(C)/N=N\N(C)CCC(Nc1cccc(CC#N)c1)/C(C)=C/C. The lowest BCUT2D eigenvalue weighted by Gasteiger charge is -2.23. The first-order valence-corrected chi connectivity index (χ1v) is 9.31. The van der Waals surface area contributed by atoms with Gasteiger partial charge in [0.15, 0.2) is 0 Å². The third kappa shape index (κ3) is 9.02. The summed E-state index contributed by atoms with van der Waals surface area (Å²) < 4.78 is 0. The summed E-state index contributed by atoms with van der Waals surface area (Å²) >= 11 is 0. The molecule has 146 valence electrons. The maximum absolute atomic E-state index is 8.89. The van der Waals surface area contributed by atoms with Crippen molar-refractivity contribution >= 4 is 5.69 Å². The number of allylic oxidation sites excluding steroid dienone is 1. The Labute approximate surface area is 163 Å². The van der Waals surface area contributed by atoms with Gasteiger partial charge in [-0.25, -0.2) is 0 Å². The monoisotopic (exact) mass is 368 g/mol. The van der Waals surface area contributed by atoms with Gasteiger partial charge in [-0.3, -0.25) is 10.3 Å². The highest BCUT2D eigenvalue weighted by atomic mass is 15.5. The Balaban J connectivity index is 2.65. The van der Waals surface area contributed by atoms with E-state index in [1.165, 1.54) is 5.57 Å². The quantitative estimate of drug-likeness (QED) is 0.327. The van der Waals surface area contributed by atoms with E-state index in [9.17, 15) is 0 Å². The van der Waals surface area contributed by atoms with Crippen molar-refractivity contribution < 1.29 is 0 Å². The van der Waals surface area contributed by atoms with Crippen LogP contribution in [0.3, 0.4) is 0 Å². The van der Waals surface area contributed by atoms with Crippen molar-refractivity contribution in [3.05, 3.63) is 54.1 Å². The predicted molar refractivity (Wildman–Crippen MR) is 112 cm³/mol. The summed E-state index contributed by atoms with van der Waals surface area (Å²) in [7, 11) is 1.93. The number of anilines is 1. The van der Waals surface area contributed by atoms with Crippen molar-refractivity contribution in [1.82, 2.24) is 10.3 Å². The molecule has 2 unspecified atom stereocenters. The van der Waals surface area contributed by atoms with E-state index < -0.39 is 0 Å². The van der Waals surface area contributed by atoms with Gasteiger partial charge in [-0.05, 0) is 44.9 Å². The zero-order valence-corrected chi connectivity index (χ0v) is 16.9. The normalized spacial score (nSPS) is 13.8. The van der Waals surface area contributed by atoms with E-state index in [-0.39, 0.29) is 12.2 Å². The van der Waals surface area contributed by atoms with Crippen LogP contribution in [0.2, 0.25) is 0 Å². The van der Waals surface area contributed by atoms with Gasteiger partial charge in [-0.2, -0.15) is 10.4 Å². The molecule has 2 atom stereocenters. The highest BCUT2D eigenvalue weighted by Crippen LogP contribution is 2.17. The number of nitriles is 1. The molecule has 0 saturated carbocycles. The zero-order chi connectivity index (χ0) is 20.1. The Hall–Kier alpha value is -2.65. The number of nitrogens with one attached hydrogen (secondary N) is 2. The first kappa shape index (κ1) is 22.4. The summed E-state index contributed by atoms with van der Waals surface area (Å²) in [5.41, 5.74) is 3.32. The molecule has 6 nitrogen and oxygen atoms in total. The number of hydrogen-bond acceptors (Lipinski definition) is 5. The molecule has 27 heavy (non-hydrogen) atoms. The Morgan fingerprint density at radius 1 is 1.44 bits per heavy atom. The van der Waals surface area contributed by atoms with E-state index in [4.69, 9.17) is 5.26 Å². The van der Waals surface area contributed by atoms with E-state index in [1.807, 2.05) is 50.2 Å². The zero-order valence-electron chi connectivity index (χ0n) is 16.9. The van der Waals surface area contributed by atoms with Crippen LogP contribution in [0.25, 0.3) is 0 Å². The van der Waals surface area contributed by atoms with Crippen LogP contribution in [0.5, 0.6) is 0 Å². The molecule has 0 bridgehead atoms. The van der Waals surface area contributed by atoms with Gasteiger partial charge in [0.05, 0.1) is 12.5 Å². The molecule has 0 aromatic heterocycles. The molecule has 0 aliphatic heterocycles. The predicted octanol–water partition coefficient (Wildman–Crippen LogP) is 4.31. The Bertz CT molecular complexity index is 673. The molecular weight excluding hydrogens is 336 g/mol. The summed E-state index contributed by atoms with van der Waals surface area (Å²) in [4.78, 5) is 0. The summed E-state index contributed by atoms with van der Waals surface area (Å²) in [6.07, 6.45) is 5.20. The number of benzene rings is 1. The van der Waals surface area contributed by atoms with Crippen LogP contribution < -0.4 is 10.6 Å². The fourth-order valence-corrected chi connectivity index (χ4v) is 2.50. The standard InChI is InChI=1S/C21H32N6/c1-6-14-23-18(4)25-26-27(5)15-12-21(17(3)7-2)24-20-10-8-9-19(16-20)11-13-22/h6-10,16,18,21,23-24H,1,11-12,14-15H2,2-5H3/b17-7+,26-25-. The Morgan fingerprint density at radius 3 is 2.89 bits per heavy atom. The van der Waals surface area contributed by atoms with Crippen molar-refractivity contribution in [3.8, 4) is 6.07 Å². The maximum Gasteiger partial charge on any atom is 0.120 e. The van der Waals surface area contributed by atoms with Crippen molar-refractivity contribution in [2.45, 2.75) is 45.8 Å². The van der Waals surface area contributed by atoms with E-state index in [0.29, 0.717) is 13.0 Å². The summed E-state index contributed by atoms with van der Waals surface area (Å²) in [5.74, 6) is 0. The second-order valence-electron chi connectivity index (χ2n) is 6.51. The second-order valence-corrected chi connectivity index (χ2v) is 6.51. The molecular formula is C21H32N6. The largest absolute Gasteiger partial charge is 0.379 e. The number of rotatable bonds is 12. The van der Waals surface area contributed by atoms with E-state index >= 15 is 0 Å². The van der Waals surface area contributed by atoms with Crippen molar-refractivity contribution in [3.63, 3.8) is 0 Å². The summed E-state index contributed by atoms with van der Waals surface area (Å²) in [6, 6.07) is 10.4. The lowest BCUT2D eigenvalue weighted by atomic mass is 10.0. The van der Waals surface area contributed by atoms with Gasteiger partial charge in [0, 0.05) is 31.9 Å². The van der Waals surface area contributed by atoms with Crippen LogP contribution in [-0.2, 0) is 6.42 Å². The smallest absolute Gasteiger partial charge is 0.120 e. The average molecular weight is 369 g/mol. The summed E-state index contributed by atoms with van der Waals surface area (Å²) in [5, 5.41) is 26.0. The molecule has 2 N–H and O–H groups in total. The van der Waals surface area contributed by atoms with Gasteiger partial charge in [0.2, 0.25) is 0 Å². The Kier molecular flexibility index (Phi) is 10.5. The van der Waals surface area contributed by atoms with E-state index in [1.54, 1.807) is 6.08 Å². The van der Waals surface area contributed by atoms with Crippen LogP contribution in [-0.4, -0.2) is 37.4 Å². The van der Waals surface area contributed by atoms with Gasteiger partial charge < -0.3 is 5.32 Å². The highest BCUT2D eigenvalue weighted by Gasteiger charge is 2.12. The van der Waals surface area contributed by atoms with Crippen LogP contribution >= 0.6 is 0 Å². The van der Waals surface area contributed by atoms with E-state index in [0.717, 1.165) is 24.2 Å². The third-order valence-corrected chi connectivity index (χ3v) is 4.23. The van der Waals surface area contributed by atoms with Crippen molar-refractivity contribution in [2.75, 3.05) is 25.5 Å². The molecule has 0 spiro atoms. The van der Waals surface area contributed by atoms with Crippen molar-refractivity contribution in [1.29, 1.82) is 5.26 Å². The first-order chi connectivity index (χ1) is 13.0. The van der Waals surface area contributed by atoms with Crippen LogP contribution in [0.1, 0.15) is 32.8 Å². The topological polar surface area (TPSA) is 75.8 Å². The third-order valence-electron chi connectivity index (χ3n) is 4.23.